The summed E-state index contributed by atoms with van der Waals surface area (Å²) in [6.07, 6.45) is 0. The van der Waals surface area contributed by atoms with Crippen molar-refractivity contribution >= 4 is 16.9 Å². The maximum absolute atomic E-state index is 12.5. The number of fused-ring (bicyclic) bond motifs is 1. The molecule has 0 radical (unpaired) electrons. The van der Waals surface area contributed by atoms with E-state index in [0.29, 0.717) is 22.3 Å². The highest BCUT2D eigenvalue weighted by molar-refractivity contribution is 5.90. The van der Waals surface area contributed by atoms with Gasteiger partial charge < -0.3 is 4.84 Å². The van der Waals surface area contributed by atoms with E-state index in [1.807, 2.05) is 19.9 Å². The van der Waals surface area contributed by atoms with Crippen LogP contribution in [0.1, 0.15) is 27.3 Å². The van der Waals surface area contributed by atoms with Crippen molar-refractivity contribution < 1.29 is 9.63 Å². The molecule has 0 saturated carbocycles. The zero-order chi connectivity index (χ0) is 16.6. The van der Waals surface area contributed by atoms with E-state index < -0.39 is 11.5 Å². The van der Waals surface area contributed by atoms with Gasteiger partial charge in [0.05, 0.1) is 16.5 Å². The average Bonchev–Trinajstić information content (AvgIpc) is 2.54. The van der Waals surface area contributed by atoms with E-state index in [-0.39, 0.29) is 0 Å². The summed E-state index contributed by atoms with van der Waals surface area (Å²) in [5.41, 5.74) is 2.65. The lowest BCUT2D eigenvalue weighted by atomic mass is 10.1. The van der Waals surface area contributed by atoms with Crippen LogP contribution in [0.5, 0.6) is 0 Å². The van der Waals surface area contributed by atoms with Crippen LogP contribution in [-0.4, -0.2) is 15.7 Å². The van der Waals surface area contributed by atoms with Gasteiger partial charge in [-0.25, -0.2) is 9.78 Å². The van der Waals surface area contributed by atoms with Gasteiger partial charge >= 0.3 is 5.97 Å². The molecule has 0 aliphatic rings. The number of para-hydroxylation sites is 1. The summed E-state index contributed by atoms with van der Waals surface area (Å²) in [4.78, 5) is 34.4. The number of carbonyl (C=O) groups excluding carboxylic acids is 1. The van der Waals surface area contributed by atoms with Gasteiger partial charge in [0.25, 0.3) is 5.56 Å². The molecule has 2 aromatic carbocycles. The number of nitrogens with zero attached hydrogens (tertiary/aromatic N) is 2. The Hall–Kier alpha value is -2.95. The minimum Gasteiger partial charge on any atom is -0.326 e. The lowest BCUT2D eigenvalue weighted by Crippen LogP contribution is -2.33. The molecule has 5 heteroatoms. The van der Waals surface area contributed by atoms with Crippen LogP contribution in [0, 0.1) is 20.8 Å². The van der Waals surface area contributed by atoms with Crippen LogP contribution in [0.25, 0.3) is 10.9 Å². The van der Waals surface area contributed by atoms with E-state index in [1.54, 1.807) is 43.3 Å². The normalized spacial score (nSPS) is 10.7. The van der Waals surface area contributed by atoms with Crippen LogP contribution in [0.4, 0.5) is 0 Å². The number of aryl methyl sites for hydroxylation is 3. The molecule has 1 heterocycles. The summed E-state index contributed by atoms with van der Waals surface area (Å²) in [6.45, 7) is 5.51. The van der Waals surface area contributed by atoms with Crippen LogP contribution < -0.4 is 10.4 Å². The van der Waals surface area contributed by atoms with Gasteiger partial charge in [-0.05, 0) is 56.2 Å². The van der Waals surface area contributed by atoms with Crippen molar-refractivity contribution in [3.63, 3.8) is 0 Å². The standard InChI is InChI=1S/C18H16N2O3/c1-11-8-9-14(10-12(11)2)18(22)23-20-13(3)19-16-7-5-4-6-15(16)17(20)21/h4-10H,1-3H3. The second-order valence-corrected chi connectivity index (χ2v) is 5.45. The molecule has 0 N–H and O–H groups in total. The van der Waals surface area contributed by atoms with Gasteiger partial charge in [0, 0.05) is 0 Å². The first kappa shape index (κ1) is 15.0. The summed E-state index contributed by atoms with van der Waals surface area (Å²) in [5, 5.41) is 0.408. The molecule has 3 rings (SSSR count). The Morgan fingerprint density at radius 1 is 1.04 bits per heavy atom. The van der Waals surface area contributed by atoms with E-state index in [2.05, 4.69) is 4.98 Å². The van der Waals surface area contributed by atoms with Crippen LogP contribution in [-0.2, 0) is 0 Å². The first-order valence-electron chi connectivity index (χ1n) is 7.25. The van der Waals surface area contributed by atoms with Gasteiger partial charge in [-0.15, -0.1) is 4.73 Å². The Bertz CT molecular complexity index is 974. The Morgan fingerprint density at radius 2 is 1.78 bits per heavy atom. The molecule has 0 aliphatic carbocycles. The van der Waals surface area contributed by atoms with Gasteiger partial charge in [-0.1, -0.05) is 18.2 Å². The Morgan fingerprint density at radius 3 is 2.52 bits per heavy atom. The van der Waals surface area contributed by atoms with Gasteiger partial charge in [0.1, 0.15) is 5.82 Å². The van der Waals surface area contributed by atoms with Crippen molar-refractivity contribution in [2.45, 2.75) is 20.8 Å². The molecule has 0 amide bonds. The number of aromatic nitrogens is 2. The summed E-state index contributed by atoms with van der Waals surface area (Å²) in [7, 11) is 0. The highest BCUT2D eigenvalue weighted by Gasteiger charge is 2.14. The third-order valence-corrected chi connectivity index (χ3v) is 3.81. The number of carbonyl (C=O) groups is 1. The fourth-order valence-corrected chi connectivity index (χ4v) is 2.34. The molecule has 0 atom stereocenters. The molecule has 0 fully saturated rings. The van der Waals surface area contributed by atoms with Crippen molar-refractivity contribution in [1.29, 1.82) is 0 Å². The van der Waals surface area contributed by atoms with Crippen LogP contribution in [0.3, 0.4) is 0 Å². The topological polar surface area (TPSA) is 61.2 Å². The zero-order valence-electron chi connectivity index (χ0n) is 13.2. The fourth-order valence-electron chi connectivity index (χ4n) is 2.34. The van der Waals surface area contributed by atoms with Crippen molar-refractivity contribution in [2.24, 2.45) is 0 Å². The van der Waals surface area contributed by atoms with Crippen molar-refractivity contribution in [1.82, 2.24) is 9.71 Å². The number of rotatable bonds is 2. The molecule has 0 saturated heterocycles. The summed E-state index contributed by atoms with van der Waals surface area (Å²) < 4.78 is 0.944. The Kier molecular flexibility index (Phi) is 3.70. The second kappa shape index (κ2) is 5.68. The molecule has 1 aromatic heterocycles. The lowest BCUT2D eigenvalue weighted by molar-refractivity contribution is 0.0428. The lowest BCUT2D eigenvalue weighted by Gasteiger charge is -2.11. The predicted octanol–water partition coefficient (Wildman–Crippen LogP) is 2.59. The fraction of sp³-hybridized carbons (Fsp3) is 0.167. The zero-order valence-corrected chi connectivity index (χ0v) is 13.2. The largest absolute Gasteiger partial charge is 0.363 e. The monoisotopic (exact) mass is 308 g/mol. The highest BCUT2D eigenvalue weighted by Crippen LogP contribution is 2.11. The van der Waals surface area contributed by atoms with Crippen LogP contribution >= 0.6 is 0 Å². The van der Waals surface area contributed by atoms with E-state index in [1.165, 1.54) is 0 Å². The first-order chi connectivity index (χ1) is 11.0. The second-order valence-electron chi connectivity index (χ2n) is 5.45. The van der Waals surface area contributed by atoms with Gasteiger partial charge in [0.15, 0.2) is 0 Å². The highest BCUT2D eigenvalue weighted by atomic mass is 16.7. The molecular weight excluding hydrogens is 292 g/mol. The smallest absolute Gasteiger partial charge is 0.326 e. The maximum Gasteiger partial charge on any atom is 0.363 e. The minimum absolute atomic E-state index is 0.325. The predicted molar refractivity (Wildman–Crippen MR) is 87.6 cm³/mol. The van der Waals surface area contributed by atoms with Crippen molar-refractivity contribution in [3.05, 3.63) is 75.3 Å². The van der Waals surface area contributed by atoms with Crippen LogP contribution in [0.2, 0.25) is 0 Å². The molecule has 0 aliphatic heterocycles. The summed E-state index contributed by atoms with van der Waals surface area (Å²) in [6, 6.07) is 12.2. The van der Waals surface area contributed by atoms with Crippen molar-refractivity contribution in [2.75, 3.05) is 0 Å². The molecule has 116 valence electrons. The average molecular weight is 308 g/mol. The molecule has 0 unspecified atom stereocenters. The SMILES string of the molecule is Cc1ccc(C(=O)On2c(C)nc3ccccc3c2=O)cc1C. The number of hydrogen-bond acceptors (Lipinski definition) is 4. The van der Waals surface area contributed by atoms with E-state index >= 15 is 0 Å². The first-order valence-corrected chi connectivity index (χ1v) is 7.25. The van der Waals surface area contributed by atoms with E-state index in [4.69, 9.17) is 4.84 Å². The summed E-state index contributed by atoms with van der Waals surface area (Å²) in [5.74, 6) is -0.263. The van der Waals surface area contributed by atoms with Gasteiger partial charge in [0.2, 0.25) is 0 Å². The Labute approximate surface area is 133 Å². The molecule has 5 nitrogen and oxygen atoms in total. The Balaban J connectivity index is 2.02. The number of hydrogen-bond donors (Lipinski definition) is 0. The molecule has 0 bridgehead atoms. The van der Waals surface area contributed by atoms with E-state index in [0.717, 1.165) is 15.9 Å². The number of benzene rings is 2. The van der Waals surface area contributed by atoms with Gasteiger partial charge in [-0.3, -0.25) is 4.79 Å². The third-order valence-electron chi connectivity index (χ3n) is 3.81. The molecule has 23 heavy (non-hydrogen) atoms. The molecule has 0 spiro atoms. The van der Waals surface area contributed by atoms with Crippen molar-refractivity contribution in [3.8, 4) is 0 Å². The quantitative estimate of drug-likeness (QED) is 0.730. The maximum atomic E-state index is 12.5. The van der Waals surface area contributed by atoms with Crippen LogP contribution in [0.15, 0.2) is 47.3 Å². The summed E-state index contributed by atoms with van der Waals surface area (Å²) >= 11 is 0. The minimum atomic E-state index is -0.588. The van der Waals surface area contributed by atoms with E-state index in [9.17, 15) is 9.59 Å². The van der Waals surface area contributed by atoms with Gasteiger partial charge in [-0.2, -0.15) is 0 Å². The molecule has 3 aromatic rings. The third kappa shape index (κ3) is 2.73. The molecular formula is C18H16N2O3.